The van der Waals surface area contributed by atoms with Crippen LogP contribution < -0.4 is 10.6 Å². The quantitative estimate of drug-likeness (QED) is 0.824. The van der Waals surface area contributed by atoms with Crippen LogP contribution in [0.25, 0.3) is 0 Å². The first-order chi connectivity index (χ1) is 11.3. The van der Waals surface area contributed by atoms with Crippen molar-refractivity contribution in [3.63, 3.8) is 0 Å². The molecule has 23 heavy (non-hydrogen) atoms. The molecule has 0 amide bonds. The Kier molecular flexibility index (Phi) is 6.06. The Morgan fingerprint density at radius 1 is 0.696 bits per heavy atom. The van der Waals surface area contributed by atoms with Crippen LogP contribution in [0.1, 0.15) is 70.0 Å². The van der Waals surface area contributed by atoms with Gasteiger partial charge in [0.25, 0.3) is 0 Å². The van der Waals surface area contributed by atoms with Crippen molar-refractivity contribution in [2.75, 3.05) is 23.7 Å². The van der Waals surface area contributed by atoms with Crippen molar-refractivity contribution in [2.45, 2.75) is 71.1 Å². The van der Waals surface area contributed by atoms with Gasteiger partial charge in [-0.2, -0.15) is 15.0 Å². The normalized spacial score (nSPS) is 20.4. The Morgan fingerprint density at radius 3 is 1.57 bits per heavy atom. The second-order valence-corrected chi connectivity index (χ2v) is 7.30. The van der Waals surface area contributed by atoms with E-state index >= 15 is 0 Å². The molecule has 0 radical (unpaired) electrons. The highest BCUT2D eigenvalue weighted by atomic mass is 15.2. The lowest BCUT2D eigenvalue weighted by Crippen LogP contribution is -2.21. The van der Waals surface area contributed by atoms with Gasteiger partial charge in [-0.25, -0.2) is 0 Å². The Morgan fingerprint density at radius 2 is 1.13 bits per heavy atom. The van der Waals surface area contributed by atoms with E-state index in [4.69, 9.17) is 0 Å². The maximum Gasteiger partial charge on any atom is 0.227 e. The molecular formula is C18H31N5. The second-order valence-electron chi connectivity index (χ2n) is 7.30. The largest absolute Gasteiger partial charge is 0.354 e. The lowest BCUT2D eigenvalue weighted by molar-refractivity contribution is 0.372. The first kappa shape index (κ1) is 16.5. The highest BCUT2D eigenvalue weighted by Gasteiger charge is 2.15. The number of hydrogen-bond acceptors (Lipinski definition) is 5. The summed E-state index contributed by atoms with van der Waals surface area (Å²) in [5, 5.41) is 6.86. The van der Waals surface area contributed by atoms with E-state index in [2.05, 4.69) is 25.6 Å². The monoisotopic (exact) mass is 317 g/mol. The Labute approximate surface area is 140 Å². The molecule has 0 bridgehead atoms. The van der Waals surface area contributed by atoms with Crippen molar-refractivity contribution >= 4 is 11.9 Å². The van der Waals surface area contributed by atoms with Gasteiger partial charge >= 0.3 is 0 Å². The van der Waals surface area contributed by atoms with Gasteiger partial charge in [-0.05, 0) is 44.4 Å². The minimum absolute atomic E-state index is 0.731. The van der Waals surface area contributed by atoms with E-state index in [-0.39, 0.29) is 0 Å². The number of anilines is 2. The number of nitrogens with zero attached hydrogens (tertiary/aromatic N) is 3. The van der Waals surface area contributed by atoms with Crippen molar-refractivity contribution in [3.8, 4) is 0 Å². The number of nitrogens with one attached hydrogen (secondary N) is 2. The van der Waals surface area contributed by atoms with Gasteiger partial charge in [0, 0.05) is 13.1 Å². The van der Waals surface area contributed by atoms with Gasteiger partial charge in [0.15, 0.2) is 0 Å². The van der Waals surface area contributed by atoms with Gasteiger partial charge in [-0.1, -0.05) is 38.5 Å². The standard InChI is InChI=1S/C18H31N5/c1-14-21-17(19-12-15-8-4-2-5-9-15)23-18(22-14)20-13-16-10-6-3-7-11-16/h15-16H,2-13H2,1H3,(H2,19,20,21,22,23). The van der Waals surface area contributed by atoms with E-state index < -0.39 is 0 Å². The van der Waals surface area contributed by atoms with E-state index in [1.165, 1.54) is 64.2 Å². The van der Waals surface area contributed by atoms with Crippen LogP contribution in [0.4, 0.5) is 11.9 Å². The van der Waals surface area contributed by atoms with Gasteiger partial charge < -0.3 is 10.6 Å². The first-order valence-corrected chi connectivity index (χ1v) is 9.50. The van der Waals surface area contributed by atoms with E-state index in [0.717, 1.165) is 42.6 Å². The maximum atomic E-state index is 4.56. The highest BCUT2D eigenvalue weighted by molar-refractivity contribution is 5.34. The topological polar surface area (TPSA) is 62.7 Å². The molecule has 0 unspecified atom stereocenters. The summed E-state index contributed by atoms with van der Waals surface area (Å²) >= 11 is 0. The molecule has 0 aliphatic heterocycles. The van der Waals surface area contributed by atoms with Crippen molar-refractivity contribution in [2.24, 2.45) is 11.8 Å². The molecule has 1 aromatic heterocycles. The van der Waals surface area contributed by atoms with Crippen LogP contribution in [-0.2, 0) is 0 Å². The van der Waals surface area contributed by atoms with E-state index in [1.807, 2.05) is 6.92 Å². The molecule has 0 saturated heterocycles. The van der Waals surface area contributed by atoms with Crippen molar-refractivity contribution in [1.82, 2.24) is 15.0 Å². The zero-order valence-electron chi connectivity index (χ0n) is 14.5. The summed E-state index contributed by atoms with van der Waals surface area (Å²) in [7, 11) is 0. The molecule has 5 nitrogen and oxygen atoms in total. The molecule has 1 aromatic rings. The first-order valence-electron chi connectivity index (χ1n) is 9.50. The lowest BCUT2D eigenvalue weighted by Gasteiger charge is -2.22. The zero-order valence-corrected chi connectivity index (χ0v) is 14.5. The van der Waals surface area contributed by atoms with Crippen LogP contribution >= 0.6 is 0 Å². The smallest absolute Gasteiger partial charge is 0.227 e. The fourth-order valence-corrected chi connectivity index (χ4v) is 3.89. The van der Waals surface area contributed by atoms with Gasteiger partial charge in [0.1, 0.15) is 5.82 Å². The van der Waals surface area contributed by atoms with Crippen LogP contribution in [-0.4, -0.2) is 28.0 Å². The predicted octanol–water partition coefficient (Wildman–Crippen LogP) is 4.16. The molecule has 1 heterocycles. The van der Waals surface area contributed by atoms with Crippen molar-refractivity contribution < 1.29 is 0 Å². The van der Waals surface area contributed by atoms with Gasteiger partial charge in [0.05, 0.1) is 0 Å². The average Bonchev–Trinajstić information content (AvgIpc) is 2.60. The molecule has 3 rings (SSSR count). The summed E-state index contributed by atoms with van der Waals surface area (Å²) in [6.07, 6.45) is 13.6. The van der Waals surface area contributed by atoms with Crippen LogP contribution in [0.5, 0.6) is 0 Å². The fraction of sp³-hybridized carbons (Fsp3) is 0.833. The minimum Gasteiger partial charge on any atom is -0.354 e. The zero-order chi connectivity index (χ0) is 15.9. The summed E-state index contributed by atoms with van der Waals surface area (Å²) in [4.78, 5) is 13.4. The minimum atomic E-state index is 0.731. The summed E-state index contributed by atoms with van der Waals surface area (Å²) in [6.45, 7) is 3.93. The Hall–Kier alpha value is -1.39. The molecule has 2 fully saturated rings. The molecule has 2 saturated carbocycles. The molecular weight excluding hydrogens is 286 g/mol. The SMILES string of the molecule is Cc1nc(NCC2CCCCC2)nc(NCC2CCCCC2)n1. The fourth-order valence-electron chi connectivity index (χ4n) is 3.89. The van der Waals surface area contributed by atoms with Gasteiger partial charge in [0.2, 0.25) is 11.9 Å². The average molecular weight is 317 g/mol. The number of rotatable bonds is 6. The molecule has 0 aromatic carbocycles. The summed E-state index contributed by atoms with van der Waals surface area (Å²) < 4.78 is 0. The molecule has 128 valence electrons. The van der Waals surface area contributed by atoms with Crippen molar-refractivity contribution in [3.05, 3.63) is 5.82 Å². The predicted molar refractivity (Wildman–Crippen MR) is 94.7 cm³/mol. The molecule has 2 aliphatic rings. The molecule has 2 aliphatic carbocycles. The molecule has 5 heteroatoms. The van der Waals surface area contributed by atoms with Gasteiger partial charge in [-0.3, -0.25) is 0 Å². The van der Waals surface area contributed by atoms with Crippen LogP contribution in [0, 0.1) is 18.8 Å². The Bertz CT molecular complexity index is 438. The third-order valence-electron chi connectivity index (χ3n) is 5.29. The summed E-state index contributed by atoms with van der Waals surface area (Å²) in [6, 6.07) is 0. The third-order valence-corrected chi connectivity index (χ3v) is 5.29. The lowest BCUT2D eigenvalue weighted by atomic mass is 9.89. The van der Waals surface area contributed by atoms with E-state index in [0.29, 0.717) is 0 Å². The molecule has 0 spiro atoms. The molecule has 2 N–H and O–H groups in total. The van der Waals surface area contributed by atoms with Crippen LogP contribution in [0.15, 0.2) is 0 Å². The molecule has 0 atom stereocenters. The summed E-state index contributed by atoms with van der Waals surface area (Å²) in [5.74, 6) is 3.81. The number of aromatic nitrogens is 3. The Balaban J connectivity index is 1.50. The second kappa shape index (κ2) is 8.46. The highest BCUT2D eigenvalue weighted by Crippen LogP contribution is 2.24. The van der Waals surface area contributed by atoms with Crippen molar-refractivity contribution in [1.29, 1.82) is 0 Å². The number of aryl methyl sites for hydroxylation is 1. The summed E-state index contributed by atoms with van der Waals surface area (Å²) in [5.41, 5.74) is 0. The van der Waals surface area contributed by atoms with Gasteiger partial charge in [-0.15, -0.1) is 0 Å². The third kappa shape index (κ3) is 5.33. The maximum absolute atomic E-state index is 4.56. The van der Waals surface area contributed by atoms with Crippen LogP contribution in [0.2, 0.25) is 0 Å². The van der Waals surface area contributed by atoms with E-state index in [1.54, 1.807) is 0 Å². The van der Waals surface area contributed by atoms with E-state index in [9.17, 15) is 0 Å². The van der Waals surface area contributed by atoms with Crippen LogP contribution in [0.3, 0.4) is 0 Å². The number of hydrogen-bond donors (Lipinski definition) is 2.